The van der Waals surface area contributed by atoms with E-state index in [1.807, 2.05) is 79.7 Å². The highest BCUT2D eigenvalue weighted by molar-refractivity contribution is 5.99. The van der Waals surface area contributed by atoms with Gasteiger partial charge in [-0.05, 0) is 118 Å². The third-order valence-corrected chi connectivity index (χ3v) is 14.2. The monoisotopic (exact) mass is 1240 g/mol. The number of unbranched alkanes of at least 4 members (excludes halogenated alkanes) is 1. The van der Waals surface area contributed by atoms with E-state index in [-0.39, 0.29) is 113 Å². The van der Waals surface area contributed by atoms with Gasteiger partial charge in [0.15, 0.2) is 11.9 Å². The second-order valence-corrected chi connectivity index (χ2v) is 24.6. The van der Waals surface area contributed by atoms with Crippen LogP contribution in [-0.4, -0.2) is 150 Å². The van der Waals surface area contributed by atoms with Gasteiger partial charge in [0.1, 0.15) is 54.4 Å². The summed E-state index contributed by atoms with van der Waals surface area (Å²) in [6.45, 7) is 19.9. The zero-order chi connectivity index (χ0) is 66.4. The number of primary amides is 1. The van der Waals surface area contributed by atoms with E-state index in [4.69, 9.17) is 34.4 Å². The molecular weight excluding hydrogens is 1130 g/mol. The summed E-state index contributed by atoms with van der Waals surface area (Å²) in [5.41, 5.74) is 35.5. The number of rotatable bonds is 41. The molecule has 0 spiro atoms. The predicted octanol–water partition coefficient (Wildman–Crippen LogP) is -0.345. The first-order chi connectivity index (χ1) is 41.3. The van der Waals surface area contributed by atoms with Gasteiger partial charge in [-0.25, -0.2) is 0 Å². The Hall–Kier alpha value is -8.04. The van der Waals surface area contributed by atoms with Gasteiger partial charge in [0, 0.05) is 43.5 Å². The molecule has 10 amide bonds. The molecule has 2 rings (SSSR count). The van der Waals surface area contributed by atoms with Crippen LogP contribution < -0.4 is 82.3 Å². The van der Waals surface area contributed by atoms with Crippen LogP contribution in [-0.2, 0) is 54.4 Å². The van der Waals surface area contributed by atoms with Crippen LogP contribution in [0.5, 0.6) is 0 Å². The number of benzene rings is 1. The van der Waals surface area contributed by atoms with Crippen molar-refractivity contribution in [3.05, 3.63) is 36.0 Å². The van der Waals surface area contributed by atoms with Crippen molar-refractivity contribution in [2.45, 2.75) is 208 Å². The number of aromatic nitrogens is 1. The number of hydrogen-bond donors (Lipinski definition) is 16. The van der Waals surface area contributed by atoms with Crippen molar-refractivity contribution in [2.24, 2.45) is 74.0 Å². The lowest BCUT2D eigenvalue weighted by atomic mass is 9.97. The van der Waals surface area contributed by atoms with Gasteiger partial charge in [0.25, 0.3) is 0 Å². The Morgan fingerprint density at radius 3 is 1.17 bits per heavy atom. The lowest BCUT2D eigenvalue weighted by molar-refractivity contribution is -0.136. The molecular formula is C60H104N18O10. The number of para-hydroxylation sites is 1. The standard InChI is InChI=1S/C60H104N18O10/c1-32(2)26-45(70-37(11)79)54(84)75-47(28-34(5)6)56(86)77-48(29-35(7)8)57(87)76-46(27-33(3)4)55(85)72-43(22-17-25-68-60(65)66)53(83)78-49(36(9)10)58(88)73-41(20-14-15-23-61)51(81)71-42(21-16-24-67-59(63)64)52(82)74-44(50(62)80)30-38-31-69-40-19-13-12-18-39(38)40/h12-13,18-19,31-36,41-49,69H,14-17,20-30,61H2,1-11H3,(H2,62,80)(H,70,79)(H,71,81)(H,72,85)(H,73,88)(H,74,82)(H,75,84)(H,76,87)(H,77,86)(H,78,83)(H4,63,64,67)(H4,65,66,68)/t41-,42-,43-,44-,45-,46-,47-,48-,49-/m0/s1. The number of H-pyrrole nitrogens is 1. The first kappa shape index (κ1) is 76.1. The lowest BCUT2D eigenvalue weighted by Gasteiger charge is -2.30. The maximum absolute atomic E-state index is 14.6. The number of amides is 10. The molecule has 28 nitrogen and oxygen atoms in total. The fraction of sp³-hybridized carbons (Fsp3) is 0.667. The molecule has 9 atom stereocenters. The second-order valence-electron chi connectivity index (χ2n) is 24.6. The summed E-state index contributed by atoms with van der Waals surface area (Å²) >= 11 is 0. The van der Waals surface area contributed by atoms with Crippen LogP contribution in [0, 0.1) is 29.6 Å². The second kappa shape index (κ2) is 39.0. The van der Waals surface area contributed by atoms with Crippen molar-refractivity contribution in [3.63, 3.8) is 0 Å². The maximum Gasteiger partial charge on any atom is 0.243 e. The fourth-order valence-corrected chi connectivity index (χ4v) is 9.79. The van der Waals surface area contributed by atoms with Crippen LogP contribution in [0.3, 0.4) is 0 Å². The number of nitrogens with one attached hydrogen (secondary N) is 10. The topological polar surface area (TPSA) is 476 Å². The van der Waals surface area contributed by atoms with E-state index in [1.54, 1.807) is 20.0 Å². The average molecular weight is 1240 g/mol. The van der Waals surface area contributed by atoms with Crippen LogP contribution in [0.25, 0.3) is 10.9 Å². The highest BCUT2D eigenvalue weighted by Gasteiger charge is 2.37. The van der Waals surface area contributed by atoms with E-state index < -0.39 is 119 Å². The minimum atomic E-state index is -1.34. The molecule has 0 radical (unpaired) electrons. The largest absolute Gasteiger partial charge is 0.370 e. The molecule has 494 valence electrons. The summed E-state index contributed by atoms with van der Waals surface area (Å²) in [5.74, 6) is -8.31. The van der Waals surface area contributed by atoms with E-state index in [1.165, 1.54) is 6.92 Å². The number of aromatic amines is 1. The van der Waals surface area contributed by atoms with Gasteiger partial charge < -0.3 is 87.2 Å². The molecule has 0 aliphatic heterocycles. The third kappa shape index (κ3) is 28.6. The van der Waals surface area contributed by atoms with E-state index in [2.05, 4.69) is 62.8 Å². The van der Waals surface area contributed by atoms with Gasteiger partial charge in [-0.2, -0.15) is 0 Å². The van der Waals surface area contributed by atoms with Crippen molar-refractivity contribution in [1.29, 1.82) is 0 Å². The van der Waals surface area contributed by atoms with Crippen molar-refractivity contribution < 1.29 is 47.9 Å². The Labute approximate surface area is 518 Å². The Morgan fingerprint density at radius 1 is 0.443 bits per heavy atom. The predicted molar refractivity (Wildman–Crippen MR) is 340 cm³/mol. The summed E-state index contributed by atoms with van der Waals surface area (Å²) in [5, 5.41) is 25.6. The molecule has 1 aromatic heterocycles. The van der Waals surface area contributed by atoms with E-state index in [0.29, 0.717) is 24.8 Å². The lowest BCUT2D eigenvalue weighted by Crippen LogP contribution is -2.61. The molecule has 22 N–H and O–H groups in total. The SMILES string of the molecule is CC(=O)N[C@@H](CC(C)C)C(=O)N[C@@H](CC(C)C)C(=O)N[C@@H](CC(C)C)C(=O)N[C@@H](CC(C)C)C(=O)N[C@@H](CCCN=C(N)N)C(=O)N[C@H](C(=O)N[C@@H](CCCCN)C(=O)N[C@@H](CCCN=C(N)N)C(=O)N[C@@H](Cc1c[nH]c2ccccc12)C(N)=O)C(C)C. The first-order valence-electron chi connectivity index (χ1n) is 30.7. The average Bonchev–Trinajstić information content (AvgIpc) is 1.97. The van der Waals surface area contributed by atoms with E-state index in [0.717, 1.165) is 10.9 Å². The van der Waals surface area contributed by atoms with Crippen LogP contribution >= 0.6 is 0 Å². The van der Waals surface area contributed by atoms with E-state index in [9.17, 15) is 47.9 Å². The number of carbonyl (C=O) groups excluding carboxylic acids is 10. The van der Waals surface area contributed by atoms with Crippen LogP contribution in [0.2, 0.25) is 0 Å². The maximum atomic E-state index is 14.6. The van der Waals surface area contributed by atoms with Crippen LogP contribution in [0.15, 0.2) is 40.4 Å². The van der Waals surface area contributed by atoms with Gasteiger partial charge in [0.05, 0.1) is 0 Å². The van der Waals surface area contributed by atoms with Crippen molar-refractivity contribution in [3.8, 4) is 0 Å². The van der Waals surface area contributed by atoms with Gasteiger partial charge in [-0.1, -0.05) is 87.4 Å². The van der Waals surface area contributed by atoms with Crippen LogP contribution in [0.1, 0.15) is 152 Å². The zero-order valence-corrected chi connectivity index (χ0v) is 53.5. The highest BCUT2D eigenvalue weighted by Crippen LogP contribution is 2.20. The minimum absolute atomic E-state index is 0.00394. The molecule has 0 fully saturated rings. The molecule has 1 aromatic carbocycles. The Kier molecular flexibility index (Phi) is 33.7. The molecule has 0 unspecified atom stereocenters. The van der Waals surface area contributed by atoms with Gasteiger partial charge >= 0.3 is 0 Å². The number of aliphatic imine (C=N–C) groups is 2. The van der Waals surface area contributed by atoms with Crippen molar-refractivity contribution in [2.75, 3.05) is 19.6 Å². The Balaban J connectivity index is 2.49. The summed E-state index contributed by atoms with van der Waals surface area (Å²) in [7, 11) is 0. The molecule has 0 saturated heterocycles. The molecule has 0 bridgehead atoms. The van der Waals surface area contributed by atoms with Crippen LogP contribution in [0.4, 0.5) is 0 Å². The molecule has 88 heavy (non-hydrogen) atoms. The van der Waals surface area contributed by atoms with Gasteiger partial charge in [-0.3, -0.25) is 57.9 Å². The Morgan fingerprint density at radius 2 is 0.795 bits per heavy atom. The summed E-state index contributed by atoms with van der Waals surface area (Å²) in [6.07, 6.45) is 3.71. The number of nitrogens with zero attached hydrogens (tertiary/aromatic N) is 2. The number of carbonyl (C=O) groups is 10. The molecule has 1 heterocycles. The Bertz CT molecular complexity index is 2670. The molecule has 28 heteroatoms. The molecule has 2 aromatic rings. The zero-order valence-electron chi connectivity index (χ0n) is 53.5. The summed E-state index contributed by atoms with van der Waals surface area (Å²) in [6, 6.07) is -3.41. The number of guanidine groups is 2. The molecule has 0 aliphatic rings. The van der Waals surface area contributed by atoms with E-state index >= 15 is 0 Å². The van der Waals surface area contributed by atoms with Crippen molar-refractivity contribution >= 4 is 81.9 Å². The number of hydrogen-bond acceptors (Lipinski definition) is 13. The van der Waals surface area contributed by atoms with Gasteiger partial charge in [0.2, 0.25) is 59.1 Å². The first-order valence-corrected chi connectivity index (χ1v) is 30.7. The summed E-state index contributed by atoms with van der Waals surface area (Å²) in [4.78, 5) is 150. The van der Waals surface area contributed by atoms with Gasteiger partial charge in [-0.15, -0.1) is 0 Å². The minimum Gasteiger partial charge on any atom is -0.370 e. The third-order valence-electron chi connectivity index (χ3n) is 14.2. The van der Waals surface area contributed by atoms with Crippen molar-refractivity contribution in [1.82, 2.24) is 52.8 Å². The normalized spacial score (nSPS) is 14.5. The highest BCUT2D eigenvalue weighted by atomic mass is 16.2. The number of fused-ring (bicyclic) bond motifs is 1. The fourth-order valence-electron chi connectivity index (χ4n) is 9.79. The quantitative estimate of drug-likeness (QED) is 0.0230. The molecule has 0 saturated carbocycles. The molecule has 0 aliphatic carbocycles. The number of nitrogens with two attached hydrogens (primary N) is 6. The summed E-state index contributed by atoms with van der Waals surface area (Å²) < 4.78 is 0. The smallest absolute Gasteiger partial charge is 0.243 e.